The van der Waals surface area contributed by atoms with Crippen LogP contribution in [0.5, 0.6) is 0 Å². The second kappa shape index (κ2) is 8.85. The highest BCUT2D eigenvalue weighted by Crippen LogP contribution is 2.31. The van der Waals surface area contributed by atoms with Crippen LogP contribution in [0.3, 0.4) is 0 Å². The molecule has 0 saturated heterocycles. The monoisotopic (exact) mass is 294 g/mol. The maximum atomic E-state index is 11.8. The van der Waals surface area contributed by atoms with Crippen molar-refractivity contribution in [2.75, 3.05) is 0 Å². The summed E-state index contributed by atoms with van der Waals surface area (Å²) in [5, 5.41) is 0. The average molecular weight is 294 g/mol. The maximum absolute atomic E-state index is 11.8. The van der Waals surface area contributed by atoms with E-state index in [2.05, 4.69) is 0 Å². The van der Waals surface area contributed by atoms with Crippen molar-refractivity contribution in [3.8, 4) is 0 Å². The molecule has 118 valence electrons. The van der Waals surface area contributed by atoms with Crippen LogP contribution in [0.4, 0.5) is 0 Å². The number of hydrogen-bond acceptors (Lipinski definition) is 4. The molecule has 0 aromatic rings. The van der Waals surface area contributed by atoms with Gasteiger partial charge in [0.05, 0.1) is 0 Å². The van der Waals surface area contributed by atoms with E-state index in [1.54, 1.807) is 6.92 Å². The summed E-state index contributed by atoms with van der Waals surface area (Å²) >= 11 is 0. The Morgan fingerprint density at radius 2 is 1.62 bits per heavy atom. The highest BCUT2D eigenvalue weighted by Gasteiger charge is 2.30. The minimum absolute atomic E-state index is 0.0909. The molecule has 0 heterocycles. The summed E-state index contributed by atoms with van der Waals surface area (Å²) in [5.74, 6) is 0.521. The summed E-state index contributed by atoms with van der Waals surface area (Å²) in [4.78, 5) is 46.4. The lowest BCUT2D eigenvalue weighted by molar-refractivity contribution is -0.131. The molecule has 0 spiro atoms. The quantitative estimate of drug-likeness (QED) is 0.655. The smallest absolute Gasteiger partial charge is 0.136 e. The van der Waals surface area contributed by atoms with E-state index in [4.69, 9.17) is 0 Å². The SMILES string of the molecule is CCC(=O)CCC(=O)CCC1CC(=O)CC(C(=O)CC)C1. The zero-order valence-corrected chi connectivity index (χ0v) is 13.2. The van der Waals surface area contributed by atoms with Crippen LogP contribution in [0.25, 0.3) is 0 Å². The van der Waals surface area contributed by atoms with Crippen molar-refractivity contribution >= 4 is 23.1 Å². The summed E-state index contributed by atoms with van der Waals surface area (Å²) in [6.07, 6.45) is 4.28. The van der Waals surface area contributed by atoms with E-state index >= 15 is 0 Å². The van der Waals surface area contributed by atoms with E-state index < -0.39 is 0 Å². The normalized spacial score (nSPS) is 22.1. The Morgan fingerprint density at radius 3 is 2.24 bits per heavy atom. The van der Waals surface area contributed by atoms with Crippen LogP contribution in [0.15, 0.2) is 0 Å². The third-order valence-corrected chi connectivity index (χ3v) is 4.32. The Kier molecular flexibility index (Phi) is 7.48. The van der Waals surface area contributed by atoms with Crippen molar-refractivity contribution in [1.29, 1.82) is 0 Å². The molecule has 1 saturated carbocycles. The summed E-state index contributed by atoms with van der Waals surface area (Å²) in [6.45, 7) is 3.62. The Hall–Kier alpha value is -1.32. The molecule has 1 rings (SSSR count). The molecule has 0 aromatic heterocycles. The first-order valence-electron chi connectivity index (χ1n) is 8.04. The molecule has 2 atom stereocenters. The van der Waals surface area contributed by atoms with E-state index in [9.17, 15) is 19.2 Å². The summed E-state index contributed by atoms with van der Waals surface area (Å²) in [6, 6.07) is 0. The van der Waals surface area contributed by atoms with Crippen LogP contribution in [0.2, 0.25) is 0 Å². The van der Waals surface area contributed by atoms with Gasteiger partial charge in [-0.1, -0.05) is 13.8 Å². The largest absolute Gasteiger partial charge is 0.300 e. The molecule has 4 nitrogen and oxygen atoms in total. The number of rotatable bonds is 9. The molecule has 0 amide bonds. The Labute approximate surface area is 126 Å². The first-order chi connectivity index (χ1) is 9.96. The van der Waals surface area contributed by atoms with Crippen molar-refractivity contribution in [3.05, 3.63) is 0 Å². The van der Waals surface area contributed by atoms with E-state index in [-0.39, 0.29) is 35.0 Å². The molecule has 1 fully saturated rings. The number of carbonyl (C=O) groups is 4. The lowest BCUT2D eigenvalue weighted by atomic mass is 9.76. The molecule has 0 aliphatic heterocycles. The predicted octanol–water partition coefficient (Wildman–Crippen LogP) is 3.06. The lowest BCUT2D eigenvalue weighted by Gasteiger charge is -2.27. The minimum atomic E-state index is -0.141. The molecule has 21 heavy (non-hydrogen) atoms. The molecule has 2 unspecified atom stereocenters. The fourth-order valence-electron chi connectivity index (χ4n) is 2.95. The van der Waals surface area contributed by atoms with Gasteiger partial charge in [0.1, 0.15) is 23.1 Å². The van der Waals surface area contributed by atoms with Gasteiger partial charge in [0.15, 0.2) is 0 Å². The Morgan fingerprint density at radius 1 is 0.952 bits per heavy atom. The van der Waals surface area contributed by atoms with Crippen LogP contribution in [-0.2, 0) is 19.2 Å². The molecule has 0 radical (unpaired) electrons. The number of ketones is 4. The number of carbonyl (C=O) groups excluding carboxylic acids is 4. The molecule has 0 aromatic carbocycles. The molecule has 4 heteroatoms. The van der Waals surface area contributed by atoms with Crippen molar-refractivity contribution in [2.24, 2.45) is 11.8 Å². The van der Waals surface area contributed by atoms with Crippen molar-refractivity contribution < 1.29 is 19.2 Å². The molecule has 0 N–H and O–H groups in total. The number of hydrogen-bond donors (Lipinski definition) is 0. The van der Waals surface area contributed by atoms with Gasteiger partial charge in [-0.05, 0) is 18.8 Å². The molecular weight excluding hydrogens is 268 g/mol. The summed E-state index contributed by atoms with van der Waals surface area (Å²) < 4.78 is 0. The van der Waals surface area contributed by atoms with Crippen LogP contribution >= 0.6 is 0 Å². The van der Waals surface area contributed by atoms with Crippen LogP contribution in [0, 0.1) is 11.8 Å². The van der Waals surface area contributed by atoms with Gasteiger partial charge < -0.3 is 0 Å². The van der Waals surface area contributed by atoms with Gasteiger partial charge in [-0.15, -0.1) is 0 Å². The average Bonchev–Trinajstić information content (AvgIpc) is 2.49. The first kappa shape index (κ1) is 17.7. The molecule has 1 aliphatic rings. The van der Waals surface area contributed by atoms with Crippen LogP contribution in [0.1, 0.15) is 71.6 Å². The first-order valence-corrected chi connectivity index (χ1v) is 8.04. The van der Waals surface area contributed by atoms with Gasteiger partial charge >= 0.3 is 0 Å². The third kappa shape index (κ3) is 6.32. The second-order valence-corrected chi connectivity index (χ2v) is 6.04. The highest BCUT2D eigenvalue weighted by atomic mass is 16.1. The van der Waals surface area contributed by atoms with Crippen LogP contribution < -0.4 is 0 Å². The third-order valence-electron chi connectivity index (χ3n) is 4.32. The van der Waals surface area contributed by atoms with E-state index in [0.717, 1.165) is 6.42 Å². The Balaban J connectivity index is 2.36. The van der Waals surface area contributed by atoms with Gasteiger partial charge in [0.2, 0.25) is 0 Å². The standard InChI is InChI=1S/C17H26O4/c1-3-14(18)7-8-15(19)6-5-12-9-13(17(21)4-2)11-16(20)10-12/h12-13H,3-11H2,1-2H3. The van der Waals surface area contributed by atoms with Gasteiger partial charge in [0, 0.05) is 50.9 Å². The summed E-state index contributed by atoms with van der Waals surface area (Å²) in [5.41, 5.74) is 0. The lowest BCUT2D eigenvalue weighted by Crippen LogP contribution is -2.28. The van der Waals surface area contributed by atoms with E-state index in [1.807, 2.05) is 6.92 Å². The molecule has 1 aliphatic carbocycles. The Bertz CT molecular complexity index is 411. The van der Waals surface area contributed by atoms with Crippen molar-refractivity contribution in [1.82, 2.24) is 0 Å². The predicted molar refractivity (Wildman–Crippen MR) is 79.9 cm³/mol. The fraction of sp³-hybridized carbons (Fsp3) is 0.765. The fourth-order valence-corrected chi connectivity index (χ4v) is 2.95. The molecular formula is C17H26O4. The van der Waals surface area contributed by atoms with E-state index in [1.165, 1.54) is 0 Å². The van der Waals surface area contributed by atoms with Crippen molar-refractivity contribution in [3.63, 3.8) is 0 Å². The minimum Gasteiger partial charge on any atom is -0.300 e. The van der Waals surface area contributed by atoms with Crippen LogP contribution in [-0.4, -0.2) is 23.1 Å². The van der Waals surface area contributed by atoms with Gasteiger partial charge in [-0.25, -0.2) is 0 Å². The van der Waals surface area contributed by atoms with Gasteiger partial charge in [-0.2, -0.15) is 0 Å². The second-order valence-electron chi connectivity index (χ2n) is 6.04. The van der Waals surface area contributed by atoms with E-state index in [0.29, 0.717) is 51.4 Å². The van der Waals surface area contributed by atoms with Gasteiger partial charge in [-0.3, -0.25) is 19.2 Å². The molecule has 0 bridgehead atoms. The zero-order chi connectivity index (χ0) is 15.8. The highest BCUT2D eigenvalue weighted by molar-refractivity contribution is 5.89. The summed E-state index contributed by atoms with van der Waals surface area (Å²) in [7, 11) is 0. The van der Waals surface area contributed by atoms with Crippen molar-refractivity contribution in [2.45, 2.75) is 71.6 Å². The zero-order valence-electron chi connectivity index (χ0n) is 13.2. The number of Topliss-reactive ketones (excluding diaryl/α,β-unsaturated/α-hetero) is 4. The maximum Gasteiger partial charge on any atom is 0.136 e. The van der Waals surface area contributed by atoms with Gasteiger partial charge in [0.25, 0.3) is 0 Å². The topological polar surface area (TPSA) is 68.3 Å².